The summed E-state index contributed by atoms with van der Waals surface area (Å²) in [7, 11) is 0. The summed E-state index contributed by atoms with van der Waals surface area (Å²) < 4.78 is 0. The minimum absolute atomic E-state index is 0.0328. The fraction of sp³-hybridized carbons (Fsp3) is 0.0417. The van der Waals surface area contributed by atoms with Crippen LogP contribution in [0.5, 0.6) is 0 Å². The molecule has 1 amide bonds. The van der Waals surface area contributed by atoms with Crippen LogP contribution in [0.2, 0.25) is 5.02 Å². The summed E-state index contributed by atoms with van der Waals surface area (Å²) in [4.78, 5) is 15.3. The number of nitrogens with one attached hydrogen (secondary N) is 1. The van der Waals surface area contributed by atoms with Crippen LogP contribution in [0.4, 0.5) is 11.4 Å². The highest BCUT2D eigenvalue weighted by molar-refractivity contribution is 6.30. The molecule has 1 atom stereocenters. The third-order valence-corrected chi connectivity index (χ3v) is 5.40. The molecule has 136 valence electrons. The second-order valence-electron chi connectivity index (χ2n) is 6.81. The minimum Gasteiger partial charge on any atom is -0.360 e. The summed E-state index contributed by atoms with van der Waals surface area (Å²) in [5.74, 6) is -0.0328. The molecule has 3 nitrogen and oxygen atoms in total. The highest BCUT2D eigenvalue weighted by Gasteiger charge is 2.34. The lowest BCUT2D eigenvalue weighted by Gasteiger charge is -2.38. The monoisotopic (exact) mass is 384 g/mol. The van der Waals surface area contributed by atoms with Gasteiger partial charge in [-0.2, -0.15) is 0 Å². The van der Waals surface area contributed by atoms with Gasteiger partial charge in [0.15, 0.2) is 0 Å². The van der Waals surface area contributed by atoms with Gasteiger partial charge < -0.3 is 5.32 Å². The fourth-order valence-electron chi connectivity index (χ4n) is 3.83. The van der Waals surface area contributed by atoms with E-state index in [1.807, 2.05) is 66.7 Å². The van der Waals surface area contributed by atoms with Gasteiger partial charge in [-0.1, -0.05) is 66.2 Å². The Morgan fingerprint density at radius 3 is 2.36 bits per heavy atom. The van der Waals surface area contributed by atoms with E-state index < -0.39 is 0 Å². The molecule has 0 unspecified atom stereocenters. The van der Waals surface area contributed by atoms with Crippen molar-refractivity contribution in [3.63, 3.8) is 0 Å². The van der Waals surface area contributed by atoms with Gasteiger partial charge in [-0.05, 0) is 47.2 Å². The lowest BCUT2D eigenvalue weighted by Crippen LogP contribution is -2.43. The van der Waals surface area contributed by atoms with E-state index in [1.54, 1.807) is 4.90 Å². The van der Waals surface area contributed by atoms with E-state index >= 15 is 0 Å². The van der Waals surface area contributed by atoms with E-state index in [9.17, 15) is 4.79 Å². The molecule has 0 fully saturated rings. The summed E-state index contributed by atoms with van der Waals surface area (Å²) in [5.41, 5.74) is 3.36. The first kappa shape index (κ1) is 16.8. The van der Waals surface area contributed by atoms with Crippen LogP contribution in [-0.4, -0.2) is 5.91 Å². The molecule has 0 bridgehead atoms. The minimum atomic E-state index is -0.324. The number of carbonyl (C=O) groups excluding carboxylic acids is 1. The molecule has 0 saturated carbocycles. The average Bonchev–Trinajstić information content (AvgIpc) is 2.74. The van der Waals surface area contributed by atoms with Gasteiger partial charge in [0.2, 0.25) is 0 Å². The Balaban J connectivity index is 1.73. The molecule has 0 spiro atoms. The zero-order valence-corrected chi connectivity index (χ0v) is 15.7. The summed E-state index contributed by atoms with van der Waals surface area (Å²) in [6.45, 7) is 0. The number of hydrogen-bond donors (Lipinski definition) is 1. The Kier molecular flexibility index (Phi) is 4.03. The van der Waals surface area contributed by atoms with Gasteiger partial charge in [0, 0.05) is 22.0 Å². The number of anilines is 2. The van der Waals surface area contributed by atoms with Crippen LogP contribution in [0.1, 0.15) is 22.1 Å². The zero-order valence-electron chi connectivity index (χ0n) is 15.0. The van der Waals surface area contributed by atoms with E-state index in [2.05, 4.69) is 29.6 Å². The maximum atomic E-state index is 13.5. The second-order valence-corrected chi connectivity index (χ2v) is 7.25. The first-order valence-electron chi connectivity index (χ1n) is 9.15. The maximum absolute atomic E-state index is 13.5. The van der Waals surface area contributed by atoms with Crippen LogP contribution in [0, 0.1) is 0 Å². The first-order valence-corrected chi connectivity index (χ1v) is 9.52. The third-order valence-electron chi connectivity index (χ3n) is 5.15. The van der Waals surface area contributed by atoms with Crippen molar-refractivity contribution < 1.29 is 4.79 Å². The predicted molar refractivity (Wildman–Crippen MR) is 115 cm³/mol. The van der Waals surface area contributed by atoms with Gasteiger partial charge >= 0.3 is 0 Å². The summed E-state index contributed by atoms with van der Waals surface area (Å²) >= 11 is 6.08. The highest BCUT2D eigenvalue weighted by atomic mass is 35.5. The largest absolute Gasteiger partial charge is 0.360 e. The lowest BCUT2D eigenvalue weighted by molar-refractivity contribution is 0.0975. The maximum Gasteiger partial charge on any atom is 0.262 e. The molecule has 0 radical (unpaired) electrons. The van der Waals surface area contributed by atoms with Gasteiger partial charge in [0.25, 0.3) is 5.91 Å². The number of benzene rings is 4. The average molecular weight is 385 g/mol. The van der Waals surface area contributed by atoms with Crippen LogP contribution in [0.15, 0.2) is 91.0 Å². The normalized spacial score (nSPS) is 16.0. The van der Waals surface area contributed by atoms with Crippen LogP contribution in [0.3, 0.4) is 0 Å². The van der Waals surface area contributed by atoms with Crippen molar-refractivity contribution in [2.75, 3.05) is 10.2 Å². The third kappa shape index (κ3) is 2.72. The Morgan fingerprint density at radius 1 is 0.786 bits per heavy atom. The number of para-hydroxylation sites is 1. The number of carbonyl (C=O) groups is 1. The Bertz CT molecular complexity index is 1180. The molecular formula is C24H17ClN2O. The van der Waals surface area contributed by atoms with Crippen LogP contribution < -0.4 is 10.2 Å². The van der Waals surface area contributed by atoms with E-state index in [1.165, 1.54) is 0 Å². The first-order chi connectivity index (χ1) is 13.7. The van der Waals surface area contributed by atoms with E-state index in [-0.39, 0.29) is 12.1 Å². The van der Waals surface area contributed by atoms with Crippen molar-refractivity contribution in [2.45, 2.75) is 6.17 Å². The van der Waals surface area contributed by atoms with E-state index in [0.717, 1.165) is 27.7 Å². The number of nitrogens with zero attached hydrogens (tertiary/aromatic N) is 1. The SMILES string of the molecule is O=C1c2ccccc2N[C@H](c2cccc3ccccc23)N1c1ccc(Cl)cc1. The predicted octanol–water partition coefficient (Wildman–Crippen LogP) is 6.26. The van der Waals surface area contributed by atoms with Crippen molar-refractivity contribution in [1.29, 1.82) is 0 Å². The Labute approximate surface area is 168 Å². The van der Waals surface area contributed by atoms with Crippen LogP contribution in [-0.2, 0) is 0 Å². The van der Waals surface area contributed by atoms with E-state index in [4.69, 9.17) is 11.6 Å². The number of fused-ring (bicyclic) bond motifs is 2. The topological polar surface area (TPSA) is 32.3 Å². The molecule has 0 saturated heterocycles. The number of amides is 1. The molecule has 0 aromatic heterocycles. The second kappa shape index (κ2) is 6.70. The Hall–Kier alpha value is -3.30. The molecule has 1 aliphatic rings. The molecule has 4 heteroatoms. The van der Waals surface area contributed by atoms with Gasteiger partial charge in [-0.3, -0.25) is 9.69 Å². The number of halogens is 1. The lowest BCUT2D eigenvalue weighted by atomic mass is 9.98. The molecule has 1 aliphatic heterocycles. The summed E-state index contributed by atoms with van der Waals surface area (Å²) in [5, 5.41) is 6.47. The number of rotatable bonds is 2. The molecule has 4 aromatic carbocycles. The smallest absolute Gasteiger partial charge is 0.262 e. The Morgan fingerprint density at radius 2 is 1.50 bits per heavy atom. The summed E-state index contributed by atoms with van der Waals surface area (Å²) in [6.07, 6.45) is -0.324. The number of hydrogen-bond acceptors (Lipinski definition) is 2. The summed E-state index contributed by atoms with van der Waals surface area (Å²) in [6, 6.07) is 29.4. The molecule has 4 aromatic rings. The zero-order chi connectivity index (χ0) is 19.1. The van der Waals surface area contributed by atoms with Crippen LogP contribution >= 0.6 is 11.6 Å². The van der Waals surface area contributed by atoms with Crippen molar-refractivity contribution in [1.82, 2.24) is 0 Å². The van der Waals surface area contributed by atoms with Crippen molar-refractivity contribution in [3.05, 3.63) is 107 Å². The van der Waals surface area contributed by atoms with Crippen molar-refractivity contribution >= 4 is 39.7 Å². The standard InChI is InChI=1S/C24H17ClN2O/c25-17-12-14-18(15-13-17)27-23(26-22-11-4-3-9-21(22)24(27)28)20-10-5-7-16-6-1-2-8-19(16)20/h1-15,23,26H/t23-/m0/s1. The van der Waals surface area contributed by atoms with Crippen LogP contribution in [0.25, 0.3) is 10.8 Å². The molecule has 5 rings (SSSR count). The van der Waals surface area contributed by atoms with Crippen molar-refractivity contribution in [2.24, 2.45) is 0 Å². The van der Waals surface area contributed by atoms with Gasteiger partial charge in [-0.25, -0.2) is 0 Å². The van der Waals surface area contributed by atoms with Gasteiger partial charge in [0.05, 0.1) is 5.56 Å². The van der Waals surface area contributed by atoms with Gasteiger partial charge in [0.1, 0.15) is 6.17 Å². The quantitative estimate of drug-likeness (QED) is 0.442. The van der Waals surface area contributed by atoms with E-state index in [0.29, 0.717) is 10.6 Å². The molecule has 0 aliphatic carbocycles. The fourth-order valence-corrected chi connectivity index (χ4v) is 3.95. The van der Waals surface area contributed by atoms with Gasteiger partial charge in [-0.15, -0.1) is 0 Å². The molecule has 28 heavy (non-hydrogen) atoms. The molecular weight excluding hydrogens is 368 g/mol. The molecule has 1 N–H and O–H groups in total. The van der Waals surface area contributed by atoms with Crippen molar-refractivity contribution in [3.8, 4) is 0 Å². The highest BCUT2D eigenvalue weighted by Crippen LogP contribution is 2.39. The molecule has 1 heterocycles.